The standard InChI is InChI=1S/C14H19ClO4/c1-14(2,3)10-7-9(18-4)5-6-12(10)19-8-11(15)13(16)17/h5-7,11H,8H2,1-4H3,(H,16,17). The Hall–Kier alpha value is -1.42. The number of aliphatic carboxylic acids is 1. The van der Waals surface area contributed by atoms with E-state index in [0.717, 1.165) is 11.3 Å². The molecule has 1 aromatic carbocycles. The van der Waals surface area contributed by atoms with Crippen molar-refractivity contribution < 1.29 is 19.4 Å². The largest absolute Gasteiger partial charge is 0.497 e. The minimum absolute atomic E-state index is 0.0771. The number of hydrogen-bond donors (Lipinski definition) is 1. The van der Waals surface area contributed by atoms with Gasteiger partial charge in [0.15, 0.2) is 5.38 Å². The summed E-state index contributed by atoms with van der Waals surface area (Å²) < 4.78 is 10.7. The van der Waals surface area contributed by atoms with Crippen molar-refractivity contribution in [3.05, 3.63) is 23.8 Å². The lowest BCUT2D eigenvalue weighted by Crippen LogP contribution is -2.23. The van der Waals surface area contributed by atoms with Crippen molar-refractivity contribution >= 4 is 17.6 Å². The molecule has 106 valence electrons. The van der Waals surface area contributed by atoms with Crippen LogP contribution in [-0.2, 0) is 10.2 Å². The van der Waals surface area contributed by atoms with E-state index in [0.29, 0.717) is 5.75 Å². The molecule has 0 fully saturated rings. The number of carboxylic acids is 1. The summed E-state index contributed by atoms with van der Waals surface area (Å²) in [6.45, 7) is 6.06. The molecule has 0 aliphatic rings. The third-order valence-corrected chi connectivity index (χ3v) is 2.96. The predicted molar refractivity (Wildman–Crippen MR) is 74.5 cm³/mol. The van der Waals surface area contributed by atoms with Crippen LogP contribution in [0.25, 0.3) is 0 Å². The average Bonchev–Trinajstić information content (AvgIpc) is 2.34. The van der Waals surface area contributed by atoms with Crippen LogP contribution in [-0.4, -0.2) is 30.2 Å². The molecule has 5 heteroatoms. The average molecular weight is 287 g/mol. The molecular weight excluding hydrogens is 268 g/mol. The summed E-state index contributed by atoms with van der Waals surface area (Å²) in [5.41, 5.74) is 0.802. The lowest BCUT2D eigenvalue weighted by molar-refractivity contribution is -0.137. The minimum atomic E-state index is -1.09. The molecule has 0 saturated carbocycles. The lowest BCUT2D eigenvalue weighted by atomic mass is 9.86. The zero-order valence-electron chi connectivity index (χ0n) is 11.6. The molecule has 0 bridgehead atoms. The second-order valence-electron chi connectivity index (χ2n) is 5.23. The minimum Gasteiger partial charge on any atom is -0.497 e. The van der Waals surface area contributed by atoms with Crippen molar-refractivity contribution in [3.63, 3.8) is 0 Å². The van der Waals surface area contributed by atoms with Crippen LogP contribution >= 0.6 is 11.6 Å². The summed E-state index contributed by atoms with van der Waals surface area (Å²) in [5, 5.41) is 7.68. The molecule has 1 rings (SSSR count). The summed E-state index contributed by atoms with van der Waals surface area (Å²) in [7, 11) is 1.60. The van der Waals surface area contributed by atoms with Crippen LogP contribution in [0.2, 0.25) is 0 Å². The van der Waals surface area contributed by atoms with Gasteiger partial charge in [0.1, 0.15) is 18.1 Å². The fourth-order valence-electron chi connectivity index (χ4n) is 1.58. The number of ether oxygens (including phenoxy) is 2. The highest BCUT2D eigenvalue weighted by molar-refractivity contribution is 6.29. The first-order chi connectivity index (χ1) is 8.75. The molecule has 0 heterocycles. The van der Waals surface area contributed by atoms with Crippen molar-refractivity contribution in [1.82, 2.24) is 0 Å². The summed E-state index contributed by atoms with van der Waals surface area (Å²) in [6, 6.07) is 5.43. The number of alkyl halides is 1. The van der Waals surface area contributed by atoms with Gasteiger partial charge in [-0.1, -0.05) is 20.8 Å². The maximum atomic E-state index is 10.7. The molecule has 1 unspecified atom stereocenters. The van der Waals surface area contributed by atoms with Crippen LogP contribution in [0.1, 0.15) is 26.3 Å². The van der Waals surface area contributed by atoms with Crippen molar-refractivity contribution in [3.8, 4) is 11.5 Å². The van der Waals surface area contributed by atoms with E-state index in [1.165, 1.54) is 0 Å². The van der Waals surface area contributed by atoms with Crippen molar-refractivity contribution in [2.24, 2.45) is 0 Å². The number of benzene rings is 1. The monoisotopic (exact) mass is 286 g/mol. The summed E-state index contributed by atoms with van der Waals surface area (Å²) >= 11 is 5.64. The molecule has 0 aromatic heterocycles. The van der Waals surface area contributed by atoms with Gasteiger partial charge in [-0.2, -0.15) is 0 Å². The molecule has 0 aliphatic carbocycles. The second-order valence-corrected chi connectivity index (χ2v) is 5.76. The van der Waals surface area contributed by atoms with E-state index in [4.69, 9.17) is 26.2 Å². The van der Waals surface area contributed by atoms with Crippen LogP contribution in [0, 0.1) is 0 Å². The lowest BCUT2D eigenvalue weighted by Gasteiger charge is -2.23. The molecule has 4 nitrogen and oxygen atoms in total. The molecule has 1 aromatic rings. The summed E-state index contributed by atoms with van der Waals surface area (Å²) in [5.74, 6) is 0.269. The molecule has 0 spiro atoms. The first-order valence-electron chi connectivity index (χ1n) is 5.94. The van der Waals surface area contributed by atoms with Crippen molar-refractivity contribution in [2.75, 3.05) is 13.7 Å². The van der Waals surface area contributed by atoms with Crippen LogP contribution in [0.5, 0.6) is 11.5 Å². The smallest absolute Gasteiger partial charge is 0.325 e. The molecular formula is C14H19ClO4. The zero-order chi connectivity index (χ0) is 14.6. The van der Waals surface area contributed by atoms with Gasteiger partial charge in [-0.25, -0.2) is 0 Å². The Morgan fingerprint density at radius 1 is 1.42 bits per heavy atom. The highest BCUT2D eigenvalue weighted by Crippen LogP contribution is 2.34. The van der Waals surface area contributed by atoms with Gasteiger partial charge in [-0.15, -0.1) is 11.6 Å². The third-order valence-electron chi connectivity index (χ3n) is 2.65. The molecule has 0 radical (unpaired) electrons. The fraction of sp³-hybridized carbons (Fsp3) is 0.500. The van der Waals surface area contributed by atoms with E-state index in [9.17, 15) is 4.79 Å². The molecule has 0 amide bonds. The van der Waals surface area contributed by atoms with Crippen molar-refractivity contribution in [1.29, 1.82) is 0 Å². The van der Waals surface area contributed by atoms with Crippen LogP contribution in [0.3, 0.4) is 0 Å². The molecule has 0 saturated heterocycles. The Balaban J connectivity index is 2.97. The van der Waals surface area contributed by atoms with Gasteiger partial charge >= 0.3 is 5.97 Å². The van der Waals surface area contributed by atoms with Crippen LogP contribution < -0.4 is 9.47 Å². The van der Waals surface area contributed by atoms with E-state index in [1.807, 2.05) is 26.8 Å². The molecule has 1 N–H and O–H groups in total. The fourth-order valence-corrected chi connectivity index (χ4v) is 1.65. The number of hydrogen-bond acceptors (Lipinski definition) is 3. The Morgan fingerprint density at radius 2 is 2.05 bits per heavy atom. The Bertz CT molecular complexity index is 451. The van der Waals surface area contributed by atoms with E-state index < -0.39 is 11.3 Å². The molecule has 0 aliphatic heterocycles. The maximum absolute atomic E-state index is 10.7. The predicted octanol–water partition coefficient (Wildman–Crippen LogP) is 3.06. The highest BCUT2D eigenvalue weighted by atomic mass is 35.5. The van der Waals surface area contributed by atoms with Crippen LogP contribution in [0.4, 0.5) is 0 Å². The quantitative estimate of drug-likeness (QED) is 0.845. The number of carbonyl (C=O) groups is 1. The van der Waals surface area contributed by atoms with Crippen molar-refractivity contribution in [2.45, 2.75) is 31.6 Å². The highest BCUT2D eigenvalue weighted by Gasteiger charge is 2.21. The van der Waals surface area contributed by atoms with Gasteiger partial charge < -0.3 is 14.6 Å². The van der Waals surface area contributed by atoms with E-state index >= 15 is 0 Å². The number of rotatable bonds is 5. The van der Waals surface area contributed by atoms with Gasteiger partial charge in [-0.3, -0.25) is 4.79 Å². The van der Waals surface area contributed by atoms with Gasteiger partial charge in [0.05, 0.1) is 7.11 Å². The van der Waals surface area contributed by atoms with E-state index in [-0.39, 0.29) is 12.0 Å². The van der Waals surface area contributed by atoms with E-state index in [2.05, 4.69) is 0 Å². The number of halogens is 1. The topological polar surface area (TPSA) is 55.8 Å². The second kappa shape index (κ2) is 6.15. The van der Waals surface area contributed by atoms with Gasteiger partial charge in [0, 0.05) is 5.56 Å². The number of carboxylic acid groups (broad SMARTS) is 1. The number of methoxy groups -OCH3 is 1. The molecule has 1 atom stereocenters. The first-order valence-corrected chi connectivity index (χ1v) is 6.37. The van der Waals surface area contributed by atoms with E-state index in [1.54, 1.807) is 19.2 Å². The normalized spacial score (nSPS) is 12.9. The summed E-state index contributed by atoms with van der Waals surface area (Å²) in [6.07, 6.45) is 0. The summed E-state index contributed by atoms with van der Waals surface area (Å²) in [4.78, 5) is 10.7. The van der Waals surface area contributed by atoms with Gasteiger partial charge in [0.25, 0.3) is 0 Å². The van der Waals surface area contributed by atoms with Crippen LogP contribution in [0.15, 0.2) is 18.2 Å². The first kappa shape index (κ1) is 15.6. The Labute approximate surface area is 118 Å². The Morgan fingerprint density at radius 3 is 2.53 bits per heavy atom. The van der Waals surface area contributed by atoms with Gasteiger partial charge in [-0.05, 0) is 23.6 Å². The molecule has 19 heavy (non-hydrogen) atoms. The zero-order valence-corrected chi connectivity index (χ0v) is 12.3. The van der Waals surface area contributed by atoms with Gasteiger partial charge in [0.2, 0.25) is 0 Å². The Kier molecular flexibility index (Phi) is 5.06. The maximum Gasteiger partial charge on any atom is 0.325 e. The third kappa shape index (κ3) is 4.31. The SMILES string of the molecule is COc1ccc(OCC(Cl)C(=O)O)c(C(C)(C)C)c1.